The second-order valence-corrected chi connectivity index (χ2v) is 10.3. The summed E-state index contributed by atoms with van der Waals surface area (Å²) < 4.78 is 56.0. The van der Waals surface area contributed by atoms with Gasteiger partial charge in [0.05, 0.1) is 26.4 Å². The highest BCUT2D eigenvalue weighted by atomic mass is 35.5. The molecule has 2 aromatic carbocycles. The van der Waals surface area contributed by atoms with Gasteiger partial charge >= 0.3 is 6.18 Å². The first-order chi connectivity index (χ1) is 19.7. The van der Waals surface area contributed by atoms with Crippen molar-refractivity contribution in [3.05, 3.63) is 64.7 Å². The Labute approximate surface area is 245 Å². The van der Waals surface area contributed by atoms with Gasteiger partial charge in [-0.2, -0.15) is 13.2 Å². The zero-order valence-corrected chi connectivity index (χ0v) is 24.0. The SMILES string of the molecule is COc1ccc([C@H](NC(=O)[C@H](C)NC(=O)C2(c3cccc(Cl)c3)OCCO2)C(=O)NC(C(=O)C(F)(F)F)C(C)C)cc1. The van der Waals surface area contributed by atoms with Crippen LogP contribution in [0.4, 0.5) is 13.2 Å². The van der Waals surface area contributed by atoms with Gasteiger partial charge in [0.25, 0.3) is 17.5 Å². The minimum Gasteiger partial charge on any atom is -0.497 e. The molecule has 228 valence electrons. The third-order valence-electron chi connectivity index (χ3n) is 6.46. The second kappa shape index (κ2) is 13.5. The van der Waals surface area contributed by atoms with Gasteiger partial charge in [0.15, 0.2) is 0 Å². The Morgan fingerprint density at radius 1 is 0.929 bits per heavy atom. The molecule has 1 aliphatic heterocycles. The van der Waals surface area contributed by atoms with Crippen molar-refractivity contribution in [1.82, 2.24) is 16.0 Å². The molecule has 0 radical (unpaired) electrons. The number of hydrogen-bond donors (Lipinski definition) is 3. The van der Waals surface area contributed by atoms with Crippen LogP contribution in [-0.2, 0) is 34.4 Å². The summed E-state index contributed by atoms with van der Waals surface area (Å²) in [6.45, 7) is 4.20. The Morgan fingerprint density at radius 2 is 1.55 bits per heavy atom. The average molecular weight is 614 g/mol. The van der Waals surface area contributed by atoms with E-state index in [0.29, 0.717) is 16.3 Å². The first-order valence-electron chi connectivity index (χ1n) is 12.9. The number of alkyl halides is 3. The summed E-state index contributed by atoms with van der Waals surface area (Å²) in [5.41, 5.74) is 0.474. The van der Waals surface area contributed by atoms with Gasteiger partial charge in [-0.05, 0) is 42.7 Å². The number of hydrogen-bond acceptors (Lipinski definition) is 7. The number of ether oxygens (including phenoxy) is 3. The highest BCUT2D eigenvalue weighted by Crippen LogP contribution is 2.33. The van der Waals surface area contributed by atoms with Crippen LogP contribution in [-0.4, -0.2) is 62.1 Å². The summed E-state index contributed by atoms with van der Waals surface area (Å²) in [6, 6.07) is 7.36. The van der Waals surface area contributed by atoms with Gasteiger partial charge in [0.1, 0.15) is 17.8 Å². The molecular weight excluding hydrogens is 583 g/mol. The smallest absolute Gasteiger partial charge is 0.452 e. The Morgan fingerprint density at radius 3 is 2.07 bits per heavy atom. The molecule has 0 aliphatic carbocycles. The van der Waals surface area contributed by atoms with Crippen LogP contribution < -0.4 is 20.7 Å². The molecule has 1 saturated heterocycles. The fourth-order valence-electron chi connectivity index (χ4n) is 4.20. The molecule has 42 heavy (non-hydrogen) atoms. The van der Waals surface area contributed by atoms with E-state index >= 15 is 0 Å². The van der Waals surface area contributed by atoms with Crippen LogP contribution in [0.25, 0.3) is 0 Å². The van der Waals surface area contributed by atoms with E-state index in [9.17, 15) is 32.3 Å². The summed E-state index contributed by atoms with van der Waals surface area (Å²) in [7, 11) is 1.41. The highest BCUT2D eigenvalue weighted by Gasteiger charge is 2.48. The van der Waals surface area contributed by atoms with E-state index in [2.05, 4.69) is 16.0 Å². The molecule has 14 heteroatoms. The fraction of sp³-hybridized carbons (Fsp3) is 0.429. The lowest BCUT2D eigenvalue weighted by molar-refractivity contribution is -0.188. The number of rotatable bonds is 11. The van der Waals surface area contributed by atoms with E-state index in [1.807, 2.05) is 0 Å². The lowest BCUT2D eigenvalue weighted by atomic mass is 9.97. The number of nitrogens with one attached hydrogen (secondary N) is 3. The number of benzene rings is 2. The third-order valence-corrected chi connectivity index (χ3v) is 6.70. The van der Waals surface area contributed by atoms with Gasteiger partial charge in [0.2, 0.25) is 11.8 Å². The van der Waals surface area contributed by atoms with Crippen molar-refractivity contribution >= 4 is 35.1 Å². The van der Waals surface area contributed by atoms with Gasteiger partial charge in [-0.15, -0.1) is 0 Å². The predicted octanol–water partition coefficient (Wildman–Crippen LogP) is 3.18. The van der Waals surface area contributed by atoms with Crippen molar-refractivity contribution in [2.24, 2.45) is 5.92 Å². The van der Waals surface area contributed by atoms with Gasteiger partial charge in [0, 0.05) is 10.6 Å². The van der Waals surface area contributed by atoms with Crippen molar-refractivity contribution in [3.8, 4) is 5.75 Å². The lowest BCUT2D eigenvalue weighted by Gasteiger charge is -2.29. The molecule has 1 aliphatic rings. The summed E-state index contributed by atoms with van der Waals surface area (Å²) in [4.78, 5) is 51.8. The Bertz CT molecular complexity index is 1300. The molecule has 1 fully saturated rings. The molecule has 0 aromatic heterocycles. The number of carbonyl (C=O) groups excluding carboxylic acids is 4. The maximum absolute atomic E-state index is 13.3. The molecular formula is C28H31ClF3N3O7. The molecule has 3 atom stereocenters. The van der Waals surface area contributed by atoms with Crippen molar-refractivity contribution in [2.75, 3.05) is 20.3 Å². The van der Waals surface area contributed by atoms with Crippen molar-refractivity contribution in [2.45, 2.75) is 50.9 Å². The molecule has 1 heterocycles. The molecule has 0 bridgehead atoms. The molecule has 0 spiro atoms. The van der Waals surface area contributed by atoms with E-state index in [0.717, 1.165) is 0 Å². The van der Waals surface area contributed by atoms with Crippen LogP contribution in [0, 0.1) is 5.92 Å². The van der Waals surface area contributed by atoms with Crippen LogP contribution in [0.3, 0.4) is 0 Å². The fourth-order valence-corrected chi connectivity index (χ4v) is 4.39. The summed E-state index contributed by atoms with van der Waals surface area (Å²) in [6.07, 6.45) is -5.19. The predicted molar refractivity (Wildman–Crippen MR) is 144 cm³/mol. The van der Waals surface area contributed by atoms with Crippen LogP contribution in [0.1, 0.15) is 37.9 Å². The number of methoxy groups -OCH3 is 1. The van der Waals surface area contributed by atoms with Gasteiger partial charge in [-0.1, -0.05) is 49.7 Å². The van der Waals surface area contributed by atoms with E-state index in [1.165, 1.54) is 58.2 Å². The Hall–Kier alpha value is -3.68. The van der Waals surface area contributed by atoms with E-state index in [1.54, 1.807) is 18.2 Å². The van der Waals surface area contributed by atoms with E-state index in [-0.39, 0.29) is 18.8 Å². The summed E-state index contributed by atoms with van der Waals surface area (Å²) in [5.74, 6) is -7.25. The first-order valence-corrected chi connectivity index (χ1v) is 13.3. The monoisotopic (exact) mass is 613 g/mol. The molecule has 0 saturated carbocycles. The third kappa shape index (κ3) is 7.58. The molecule has 10 nitrogen and oxygen atoms in total. The number of halogens is 4. The standard InChI is InChI=1S/C28H31ClF3N3O7/c1-15(2)21(23(36)28(30,31)32)34-25(38)22(17-8-10-20(40-4)11-9-17)35-24(37)16(3)33-26(39)27(41-12-13-42-27)18-6-5-7-19(29)14-18/h5-11,14-16,21-22H,12-13H2,1-4H3,(H,33,39)(H,34,38)(H,35,37)/t16-,21?,22-/m0/s1. The maximum atomic E-state index is 13.3. The van der Waals surface area contributed by atoms with Crippen molar-refractivity contribution < 1.29 is 46.6 Å². The first kappa shape index (κ1) is 32.8. The number of carbonyl (C=O) groups is 4. The van der Waals surface area contributed by atoms with Crippen LogP contribution >= 0.6 is 11.6 Å². The molecule has 1 unspecified atom stereocenters. The number of Topliss-reactive ketones (excluding diaryl/α,β-unsaturated/α-hetero) is 1. The number of ketones is 1. The average Bonchev–Trinajstić information content (AvgIpc) is 3.45. The van der Waals surface area contributed by atoms with Gasteiger partial charge < -0.3 is 30.2 Å². The van der Waals surface area contributed by atoms with Crippen LogP contribution in [0.5, 0.6) is 5.75 Å². The van der Waals surface area contributed by atoms with Crippen LogP contribution in [0.15, 0.2) is 48.5 Å². The molecule has 3 rings (SSSR count). The summed E-state index contributed by atoms with van der Waals surface area (Å²) in [5, 5.41) is 7.38. The summed E-state index contributed by atoms with van der Waals surface area (Å²) >= 11 is 6.07. The highest BCUT2D eigenvalue weighted by molar-refractivity contribution is 6.30. The Balaban J connectivity index is 1.84. The largest absolute Gasteiger partial charge is 0.497 e. The second-order valence-electron chi connectivity index (χ2n) is 9.83. The van der Waals surface area contributed by atoms with E-state index < -0.39 is 59.5 Å². The molecule has 3 amide bonds. The van der Waals surface area contributed by atoms with Gasteiger partial charge in [-0.25, -0.2) is 0 Å². The topological polar surface area (TPSA) is 132 Å². The zero-order valence-electron chi connectivity index (χ0n) is 23.2. The maximum Gasteiger partial charge on any atom is 0.452 e. The minimum atomic E-state index is -5.19. The molecule has 2 aromatic rings. The lowest BCUT2D eigenvalue weighted by Crippen LogP contribution is -2.56. The van der Waals surface area contributed by atoms with Crippen molar-refractivity contribution in [3.63, 3.8) is 0 Å². The molecule has 3 N–H and O–H groups in total. The van der Waals surface area contributed by atoms with Crippen LogP contribution in [0.2, 0.25) is 5.02 Å². The minimum absolute atomic E-state index is 0.0912. The van der Waals surface area contributed by atoms with Crippen molar-refractivity contribution in [1.29, 1.82) is 0 Å². The Kier molecular flexibility index (Phi) is 10.6. The zero-order chi connectivity index (χ0) is 31.2. The van der Waals surface area contributed by atoms with Gasteiger partial charge in [-0.3, -0.25) is 19.2 Å². The number of amides is 3. The normalized spacial score (nSPS) is 16.7. The van der Waals surface area contributed by atoms with E-state index in [4.69, 9.17) is 25.8 Å². The quantitative estimate of drug-likeness (QED) is 0.355.